The van der Waals surface area contributed by atoms with Gasteiger partial charge in [0, 0.05) is 12.6 Å². The maximum absolute atomic E-state index is 11.7. The van der Waals surface area contributed by atoms with Gasteiger partial charge in [0.25, 0.3) is 0 Å². The normalized spacial score (nSPS) is 21.9. The summed E-state index contributed by atoms with van der Waals surface area (Å²) in [6.07, 6.45) is 2.88. The largest absolute Gasteiger partial charge is 0.481 e. The van der Waals surface area contributed by atoms with Crippen molar-refractivity contribution in [2.24, 2.45) is 5.92 Å². The zero-order valence-corrected chi connectivity index (χ0v) is 12.5. The van der Waals surface area contributed by atoms with Crippen LogP contribution in [0.2, 0.25) is 0 Å². The van der Waals surface area contributed by atoms with E-state index >= 15 is 0 Å². The quantitative estimate of drug-likeness (QED) is 0.587. The van der Waals surface area contributed by atoms with Crippen LogP contribution in [0, 0.1) is 5.92 Å². The summed E-state index contributed by atoms with van der Waals surface area (Å²) in [5, 5.41) is 14.6. The summed E-state index contributed by atoms with van der Waals surface area (Å²) in [6.45, 7) is 7.95. The summed E-state index contributed by atoms with van der Waals surface area (Å²) >= 11 is 0. The molecule has 1 saturated carbocycles. The number of carboxylic acid groups (broad SMARTS) is 1. The van der Waals surface area contributed by atoms with Gasteiger partial charge in [0.1, 0.15) is 0 Å². The Bertz CT molecular complexity index is 319. The number of amides is 2. The SMILES string of the molecule is CCN(CC)CCCNC(=O)NC1CCC(C(=O)O)C1. The molecule has 6 nitrogen and oxygen atoms in total. The number of urea groups is 1. The van der Waals surface area contributed by atoms with Crippen LogP contribution in [0.4, 0.5) is 4.79 Å². The third-order valence-corrected chi connectivity index (χ3v) is 3.95. The Morgan fingerprint density at radius 3 is 2.50 bits per heavy atom. The van der Waals surface area contributed by atoms with Crippen LogP contribution in [0.15, 0.2) is 0 Å². The molecule has 2 atom stereocenters. The number of carbonyl (C=O) groups is 2. The van der Waals surface area contributed by atoms with E-state index in [1.54, 1.807) is 0 Å². The first-order valence-corrected chi connectivity index (χ1v) is 7.56. The molecule has 1 fully saturated rings. The molecule has 1 rings (SSSR count). The van der Waals surface area contributed by atoms with Crippen molar-refractivity contribution in [2.75, 3.05) is 26.2 Å². The molecular formula is C14H27N3O3. The van der Waals surface area contributed by atoms with Crippen molar-refractivity contribution in [3.8, 4) is 0 Å². The molecule has 0 radical (unpaired) electrons. The molecular weight excluding hydrogens is 258 g/mol. The Kier molecular flexibility index (Phi) is 7.36. The molecule has 1 aliphatic rings. The summed E-state index contributed by atoms with van der Waals surface area (Å²) in [5.74, 6) is -1.06. The molecule has 0 aromatic heterocycles. The van der Waals surface area contributed by atoms with Crippen molar-refractivity contribution in [2.45, 2.75) is 45.6 Å². The van der Waals surface area contributed by atoms with E-state index in [0.717, 1.165) is 32.5 Å². The zero-order valence-electron chi connectivity index (χ0n) is 12.5. The molecule has 20 heavy (non-hydrogen) atoms. The van der Waals surface area contributed by atoms with Crippen molar-refractivity contribution in [3.05, 3.63) is 0 Å². The van der Waals surface area contributed by atoms with Gasteiger partial charge in [-0.1, -0.05) is 13.8 Å². The second kappa shape index (κ2) is 8.79. The lowest BCUT2D eigenvalue weighted by Crippen LogP contribution is -2.42. The first kappa shape index (κ1) is 16.8. The van der Waals surface area contributed by atoms with E-state index in [2.05, 4.69) is 29.4 Å². The molecule has 3 N–H and O–H groups in total. The van der Waals surface area contributed by atoms with Gasteiger partial charge in [-0.3, -0.25) is 4.79 Å². The first-order valence-electron chi connectivity index (χ1n) is 7.56. The van der Waals surface area contributed by atoms with E-state index in [1.165, 1.54) is 0 Å². The van der Waals surface area contributed by atoms with Gasteiger partial charge in [-0.15, -0.1) is 0 Å². The number of carbonyl (C=O) groups excluding carboxylic acids is 1. The van der Waals surface area contributed by atoms with Crippen LogP contribution in [-0.4, -0.2) is 54.2 Å². The zero-order chi connectivity index (χ0) is 15.0. The summed E-state index contributed by atoms with van der Waals surface area (Å²) in [4.78, 5) is 24.8. The molecule has 0 aromatic carbocycles. The fourth-order valence-electron chi connectivity index (χ4n) is 2.62. The average molecular weight is 285 g/mol. The van der Waals surface area contributed by atoms with Crippen LogP contribution in [0.5, 0.6) is 0 Å². The molecule has 0 spiro atoms. The average Bonchev–Trinajstić information content (AvgIpc) is 2.87. The molecule has 6 heteroatoms. The molecule has 0 aliphatic heterocycles. The number of nitrogens with one attached hydrogen (secondary N) is 2. The highest BCUT2D eigenvalue weighted by atomic mass is 16.4. The second-order valence-corrected chi connectivity index (χ2v) is 5.33. The molecule has 0 heterocycles. The Balaban J connectivity index is 2.11. The molecule has 116 valence electrons. The molecule has 1 aliphatic carbocycles. The number of aliphatic carboxylic acids is 1. The van der Waals surface area contributed by atoms with Crippen LogP contribution >= 0.6 is 0 Å². The third-order valence-electron chi connectivity index (χ3n) is 3.95. The monoisotopic (exact) mass is 285 g/mol. The topological polar surface area (TPSA) is 81.7 Å². The molecule has 0 saturated heterocycles. The standard InChI is InChI=1S/C14H27N3O3/c1-3-17(4-2)9-5-8-15-14(20)16-12-7-6-11(10-12)13(18)19/h11-12H,3-10H2,1-2H3,(H,18,19)(H2,15,16,20). The van der Waals surface area contributed by atoms with Crippen LogP contribution in [0.25, 0.3) is 0 Å². The lowest BCUT2D eigenvalue weighted by Gasteiger charge is -2.18. The van der Waals surface area contributed by atoms with Gasteiger partial charge < -0.3 is 20.6 Å². The molecule has 0 bridgehead atoms. The number of hydrogen-bond donors (Lipinski definition) is 3. The minimum Gasteiger partial charge on any atom is -0.481 e. The smallest absolute Gasteiger partial charge is 0.315 e. The maximum atomic E-state index is 11.7. The Labute approximate surface area is 120 Å². The molecule has 0 aromatic rings. The highest BCUT2D eigenvalue weighted by Gasteiger charge is 2.30. The Morgan fingerprint density at radius 2 is 1.95 bits per heavy atom. The highest BCUT2D eigenvalue weighted by molar-refractivity contribution is 5.75. The number of rotatable bonds is 8. The fourth-order valence-corrected chi connectivity index (χ4v) is 2.62. The van der Waals surface area contributed by atoms with E-state index in [-0.39, 0.29) is 18.0 Å². The van der Waals surface area contributed by atoms with E-state index in [0.29, 0.717) is 19.4 Å². The van der Waals surface area contributed by atoms with Gasteiger partial charge in [-0.2, -0.15) is 0 Å². The van der Waals surface area contributed by atoms with Crippen molar-refractivity contribution in [1.82, 2.24) is 15.5 Å². The number of hydrogen-bond acceptors (Lipinski definition) is 3. The summed E-state index contributed by atoms with van der Waals surface area (Å²) in [5.41, 5.74) is 0. The van der Waals surface area contributed by atoms with E-state index in [1.807, 2.05) is 0 Å². The second-order valence-electron chi connectivity index (χ2n) is 5.33. The third kappa shape index (κ3) is 5.77. The van der Waals surface area contributed by atoms with Gasteiger partial charge in [-0.05, 0) is 45.3 Å². The van der Waals surface area contributed by atoms with Gasteiger partial charge in [0.05, 0.1) is 5.92 Å². The van der Waals surface area contributed by atoms with Crippen LogP contribution in [0.3, 0.4) is 0 Å². The summed E-state index contributed by atoms with van der Waals surface area (Å²) in [6, 6.07) is -0.181. The van der Waals surface area contributed by atoms with Gasteiger partial charge >= 0.3 is 12.0 Å². The predicted octanol–water partition coefficient (Wildman–Crippen LogP) is 1.27. The lowest BCUT2D eigenvalue weighted by atomic mass is 10.1. The molecule has 2 unspecified atom stereocenters. The Morgan fingerprint density at radius 1 is 1.25 bits per heavy atom. The van der Waals surface area contributed by atoms with Crippen molar-refractivity contribution in [1.29, 1.82) is 0 Å². The van der Waals surface area contributed by atoms with Crippen molar-refractivity contribution in [3.63, 3.8) is 0 Å². The van der Waals surface area contributed by atoms with E-state index < -0.39 is 5.97 Å². The fraction of sp³-hybridized carbons (Fsp3) is 0.857. The van der Waals surface area contributed by atoms with Gasteiger partial charge in [-0.25, -0.2) is 4.79 Å². The maximum Gasteiger partial charge on any atom is 0.315 e. The van der Waals surface area contributed by atoms with E-state index in [4.69, 9.17) is 5.11 Å². The first-order chi connectivity index (χ1) is 9.56. The summed E-state index contributed by atoms with van der Waals surface area (Å²) < 4.78 is 0. The van der Waals surface area contributed by atoms with Gasteiger partial charge in [0.2, 0.25) is 0 Å². The van der Waals surface area contributed by atoms with Crippen LogP contribution in [-0.2, 0) is 4.79 Å². The summed E-state index contributed by atoms with van der Waals surface area (Å²) in [7, 11) is 0. The van der Waals surface area contributed by atoms with Crippen molar-refractivity contribution >= 4 is 12.0 Å². The predicted molar refractivity (Wildman–Crippen MR) is 77.7 cm³/mol. The number of carboxylic acids is 1. The van der Waals surface area contributed by atoms with Crippen LogP contribution in [0.1, 0.15) is 39.5 Å². The number of nitrogens with zero attached hydrogens (tertiary/aromatic N) is 1. The minimum atomic E-state index is -0.756. The van der Waals surface area contributed by atoms with Crippen molar-refractivity contribution < 1.29 is 14.7 Å². The molecule has 2 amide bonds. The minimum absolute atomic E-state index is 0.00104. The van der Waals surface area contributed by atoms with E-state index in [9.17, 15) is 9.59 Å². The lowest BCUT2D eigenvalue weighted by molar-refractivity contribution is -0.141. The van der Waals surface area contributed by atoms with Crippen LogP contribution < -0.4 is 10.6 Å². The van der Waals surface area contributed by atoms with Gasteiger partial charge in [0.15, 0.2) is 0 Å². The highest BCUT2D eigenvalue weighted by Crippen LogP contribution is 2.25. The Hall–Kier alpha value is -1.30.